The summed E-state index contributed by atoms with van der Waals surface area (Å²) >= 11 is 0. The topological polar surface area (TPSA) is 37.3 Å². The molecule has 0 heterocycles. The molecular formula is C18H16O2. The fraction of sp³-hybridized carbons (Fsp3) is 0.167. The number of carbonyl (C=O) groups is 1. The van der Waals surface area contributed by atoms with Crippen LogP contribution in [0.4, 0.5) is 0 Å². The van der Waals surface area contributed by atoms with Gasteiger partial charge in [-0.1, -0.05) is 60.7 Å². The number of allylic oxidation sites excluding steroid dienone is 2. The number of rotatable bonds is 4. The van der Waals surface area contributed by atoms with Crippen LogP contribution in [0.25, 0.3) is 5.57 Å². The van der Waals surface area contributed by atoms with Crippen molar-refractivity contribution < 1.29 is 9.90 Å². The van der Waals surface area contributed by atoms with Crippen molar-refractivity contribution in [2.45, 2.75) is 18.8 Å². The number of fused-ring (bicyclic) bond motifs is 1. The molecule has 0 amide bonds. The molecule has 1 N–H and O–H groups in total. The molecule has 0 bridgehead atoms. The first-order chi connectivity index (χ1) is 9.75. The van der Waals surface area contributed by atoms with Crippen molar-refractivity contribution in [2.24, 2.45) is 0 Å². The molecule has 2 nitrogen and oxygen atoms in total. The summed E-state index contributed by atoms with van der Waals surface area (Å²) in [5, 5.41) is 8.88. The van der Waals surface area contributed by atoms with Crippen molar-refractivity contribution >= 4 is 11.5 Å². The van der Waals surface area contributed by atoms with Crippen LogP contribution in [0.15, 0.2) is 60.7 Å². The minimum absolute atomic E-state index is 0.182. The van der Waals surface area contributed by atoms with Crippen molar-refractivity contribution in [3.63, 3.8) is 0 Å². The standard InChI is InChI=1S/C18H16O2/c19-18(20)11-10-14-12-17(13-6-2-1-3-7-13)16-9-5-4-8-15(14)16/h1-9,12,17H,10-11H2,(H,19,20)/t17-/m1/s1. The molecule has 2 aromatic rings. The first-order valence-electron chi connectivity index (χ1n) is 6.82. The third kappa shape index (κ3) is 2.37. The van der Waals surface area contributed by atoms with Crippen LogP contribution in [0.2, 0.25) is 0 Å². The highest BCUT2D eigenvalue weighted by Gasteiger charge is 2.24. The van der Waals surface area contributed by atoms with E-state index in [2.05, 4.69) is 30.3 Å². The zero-order valence-electron chi connectivity index (χ0n) is 11.1. The zero-order chi connectivity index (χ0) is 13.9. The monoisotopic (exact) mass is 264 g/mol. The van der Waals surface area contributed by atoms with Gasteiger partial charge in [0.2, 0.25) is 0 Å². The smallest absolute Gasteiger partial charge is 0.303 e. The van der Waals surface area contributed by atoms with Gasteiger partial charge >= 0.3 is 5.97 Å². The van der Waals surface area contributed by atoms with Gasteiger partial charge in [0.1, 0.15) is 0 Å². The molecule has 1 atom stereocenters. The highest BCUT2D eigenvalue weighted by molar-refractivity contribution is 5.79. The van der Waals surface area contributed by atoms with Crippen LogP contribution in [-0.4, -0.2) is 11.1 Å². The van der Waals surface area contributed by atoms with Gasteiger partial charge in [0.25, 0.3) is 0 Å². The zero-order valence-corrected chi connectivity index (χ0v) is 11.1. The largest absolute Gasteiger partial charge is 0.481 e. The predicted molar refractivity (Wildman–Crippen MR) is 79.6 cm³/mol. The summed E-state index contributed by atoms with van der Waals surface area (Å²) in [6.45, 7) is 0. The number of hydrogen-bond acceptors (Lipinski definition) is 1. The Labute approximate surface area is 118 Å². The van der Waals surface area contributed by atoms with Gasteiger partial charge in [-0.15, -0.1) is 0 Å². The Kier molecular flexibility index (Phi) is 3.38. The Morgan fingerprint density at radius 1 is 1.00 bits per heavy atom. The van der Waals surface area contributed by atoms with Crippen LogP contribution in [-0.2, 0) is 4.79 Å². The van der Waals surface area contributed by atoms with Crippen LogP contribution < -0.4 is 0 Å². The van der Waals surface area contributed by atoms with E-state index >= 15 is 0 Å². The van der Waals surface area contributed by atoms with Gasteiger partial charge in [-0.3, -0.25) is 4.79 Å². The maximum atomic E-state index is 10.8. The second kappa shape index (κ2) is 5.33. The lowest BCUT2D eigenvalue weighted by Crippen LogP contribution is -1.95. The maximum absolute atomic E-state index is 10.8. The van der Waals surface area contributed by atoms with E-state index < -0.39 is 5.97 Å². The summed E-state index contributed by atoms with van der Waals surface area (Å²) in [7, 11) is 0. The molecule has 2 heteroatoms. The second-order valence-corrected chi connectivity index (χ2v) is 5.06. The Bertz CT molecular complexity index is 656. The van der Waals surface area contributed by atoms with Gasteiger partial charge in [0.05, 0.1) is 0 Å². The summed E-state index contributed by atoms with van der Waals surface area (Å²) in [4.78, 5) is 10.8. The van der Waals surface area contributed by atoms with Gasteiger partial charge in [0, 0.05) is 12.3 Å². The van der Waals surface area contributed by atoms with Crippen LogP contribution in [0, 0.1) is 0 Å². The normalized spacial score (nSPS) is 16.6. The van der Waals surface area contributed by atoms with Crippen molar-refractivity contribution in [1.29, 1.82) is 0 Å². The van der Waals surface area contributed by atoms with Crippen molar-refractivity contribution in [3.8, 4) is 0 Å². The average Bonchev–Trinajstić information content (AvgIpc) is 2.85. The third-order valence-electron chi connectivity index (χ3n) is 3.78. The number of carboxylic acids is 1. The van der Waals surface area contributed by atoms with E-state index in [4.69, 9.17) is 5.11 Å². The second-order valence-electron chi connectivity index (χ2n) is 5.06. The fourth-order valence-electron chi connectivity index (χ4n) is 2.84. The van der Waals surface area contributed by atoms with Crippen LogP contribution in [0.1, 0.15) is 35.4 Å². The maximum Gasteiger partial charge on any atom is 0.303 e. The first kappa shape index (κ1) is 12.7. The molecule has 0 spiro atoms. The highest BCUT2D eigenvalue weighted by atomic mass is 16.4. The molecule has 0 fully saturated rings. The molecule has 100 valence electrons. The van der Waals surface area contributed by atoms with Gasteiger partial charge in [-0.2, -0.15) is 0 Å². The van der Waals surface area contributed by atoms with E-state index in [1.807, 2.05) is 30.3 Å². The van der Waals surface area contributed by atoms with Gasteiger partial charge in [-0.05, 0) is 28.7 Å². The van der Waals surface area contributed by atoms with Crippen molar-refractivity contribution in [3.05, 3.63) is 77.4 Å². The number of carboxylic acid groups (broad SMARTS) is 1. The van der Waals surface area contributed by atoms with Gasteiger partial charge in [-0.25, -0.2) is 0 Å². The minimum Gasteiger partial charge on any atom is -0.481 e. The fourth-order valence-corrected chi connectivity index (χ4v) is 2.84. The minimum atomic E-state index is -0.744. The van der Waals surface area contributed by atoms with Crippen LogP contribution in [0.3, 0.4) is 0 Å². The van der Waals surface area contributed by atoms with Crippen molar-refractivity contribution in [2.75, 3.05) is 0 Å². The number of aliphatic carboxylic acids is 1. The SMILES string of the molecule is O=C(O)CCC1=C[C@H](c2ccccc2)c2ccccc21. The van der Waals surface area contributed by atoms with E-state index in [9.17, 15) is 4.79 Å². The lowest BCUT2D eigenvalue weighted by atomic mass is 9.93. The molecule has 0 saturated heterocycles. The average molecular weight is 264 g/mol. The van der Waals surface area contributed by atoms with E-state index in [0.29, 0.717) is 6.42 Å². The van der Waals surface area contributed by atoms with Gasteiger partial charge < -0.3 is 5.11 Å². The third-order valence-corrected chi connectivity index (χ3v) is 3.78. The molecule has 20 heavy (non-hydrogen) atoms. The Morgan fingerprint density at radius 2 is 1.70 bits per heavy atom. The molecule has 2 aromatic carbocycles. The van der Waals surface area contributed by atoms with Crippen molar-refractivity contribution in [1.82, 2.24) is 0 Å². The first-order valence-corrected chi connectivity index (χ1v) is 6.82. The van der Waals surface area contributed by atoms with E-state index in [1.54, 1.807) is 0 Å². The lowest BCUT2D eigenvalue weighted by Gasteiger charge is -2.10. The van der Waals surface area contributed by atoms with Crippen LogP contribution in [0.5, 0.6) is 0 Å². The number of benzene rings is 2. The number of hydrogen-bond donors (Lipinski definition) is 1. The van der Waals surface area contributed by atoms with Crippen LogP contribution >= 0.6 is 0 Å². The summed E-state index contributed by atoms with van der Waals surface area (Å²) in [6, 6.07) is 18.6. The predicted octanol–water partition coefficient (Wildman–Crippen LogP) is 4.08. The quantitative estimate of drug-likeness (QED) is 0.903. The highest BCUT2D eigenvalue weighted by Crippen LogP contribution is 2.41. The lowest BCUT2D eigenvalue weighted by molar-refractivity contribution is -0.136. The molecule has 3 rings (SSSR count). The van der Waals surface area contributed by atoms with Gasteiger partial charge in [0.15, 0.2) is 0 Å². The summed E-state index contributed by atoms with van der Waals surface area (Å²) in [5.74, 6) is -0.497. The molecule has 0 radical (unpaired) electrons. The summed E-state index contributed by atoms with van der Waals surface area (Å²) < 4.78 is 0. The molecule has 0 aromatic heterocycles. The molecule has 0 saturated carbocycles. The molecule has 1 aliphatic rings. The van der Waals surface area contributed by atoms with E-state index in [-0.39, 0.29) is 12.3 Å². The molecular weight excluding hydrogens is 248 g/mol. The Morgan fingerprint density at radius 3 is 2.45 bits per heavy atom. The molecule has 0 unspecified atom stereocenters. The molecule has 0 aliphatic heterocycles. The van der Waals surface area contributed by atoms with E-state index in [1.165, 1.54) is 16.7 Å². The summed E-state index contributed by atoms with van der Waals surface area (Å²) in [5.41, 5.74) is 4.88. The summed E-state index contributed by atoms with van der Waals surface area (Å²) in [6.07, 6.45) is 2.99. The Balaban J connectivity index is 1.98. The molecule has 1 aliphatic carbocycles. The Hall–Kier alpha value is -2.35. The van der Waals surface area contributed by atoms with E-state index in [0.717, 1.165) is 5.57 Å².